The van der Waals surface area contributed by atoms with Gasteiger partial charge in [0.05, 0.1) is 17.6 Å². The van der Waals surface area contributed by atoms with Crippen LogP contribution in [0.15, 0.2) is 65.6 Å². The van der Waals surface area contributed by atoms with Crippen LogP contribution in [0.25, 0.3) is 11.0 Å². The van der Waals surface area contributed by atoms with Crippen LogP contribution in [0.2, 0.25) is 0 Å². The Morgan fingerprint density at radius 1 is 1.06 bits per heavy atom. The van der Waals surface area contributed by atoms with Crippen molar-refractivity contribution in [1.82, 2.24) is 24.8 Å². The number of H-pyrrole nitrogens is 1. The Hall–Kier alpha value is -3.52. The number of aromatic nitrogens is 4. The van der Waals surface area contributed by atoms with Crippen molar-refractivity contribution in [2.24, 2.45) is 5.92 Å². The van der Waals surface area contributed by atoms with Gasteiger partial charge in [0.15, 0.2) is 0 Å². The summed E-state index contributed by atoms with van der Waals surface area (Å²) in [6.45, 7) is 3.17. The number of nitrogens with one attached hydrogen (secondary N) is 2. The number of nitrogens with zero attached hydrogens (tertiary/aromatic N) is 4. The van der Waals surface area contributed by atoms with E-state index in [0.717, 1.165) is 42.5 Å². The highest BCUT2D eigenvalue weighted by Crippen LogP contribution is 2.29. The van der Waals surface area contributed by atoms with Gasteiger partial charge < -0.3 is 9.88 Å². The number of anilines is 2. The molecule has 8 heteroatoms. The molecule has 4 aromatic rings. The summed E-state index contributed by atoms with van der Waals surface area (Å²) in [5.74, 6) is 1.37. The maximum atomic E-state index is 13.5. The fraction of sp³-hybridized carbons (Fsp3) is 0.292. The first kappa shape index (κ1) is 20.4. The fourth-order valence-electron chi connectivity index (χ4n) is 4.28. The zero-order chi connectivity index (χ0) is 21.9. The standard InChI is InChI=1S/C24H25FN6O/c25-19-7-5-17(6-8-19)15-30-21-4-2-1-3-20(21)28-24(30)31(16-18-9-12-26-13-10-18)23-27-14-11-22(32)29-23/h1-8,11,14,18,26H,9-10,12-13,15-16H2,(H,27,29,32). The lowest BCUT2D eigenvalue weighted by Gasteiger charge is -2.30. The number of fused-ring (bicyclic) bond motifs is 1. The molecule has 0 radical (unpaired) electrons. The van der Waals surface area contributed by atoms with Crippen LogP contribution < -0.4 is 15.8 Å². The zero-order valence-electron chi connectivity index (χ0n) is 17.7. The molecule has 2 N–H and O–H groups in total. The van der Waals surface area contributed by atoms with E-state index in [-0.39, 0.29) is 11.4 Å². The van der Waals surface area contributed by atoms with Gasteiger partial charge in [-0.3, -0.25) is 14.7 Å². The third-order valence-electron chi connectivity index (χ3n) is 5.94. The van der Waals surface area contributed by atoms with E-state index in [1.54, 1.807) is 12.1 Å². The van der Waals surface area contributed by atoms with Gasteiger partial charge in [0, 0.05) is 18.8 Å². The monoisotopic (exact) mass is 432 g/mol. The first-order valence-electron chi connectivity index (χ1n) is 10.9. The van der Waals surface area contributed by atoms with Crippen molar-refractivity contribution in [2.45, 2.75) is 19.4 Å². The smallest absolute Gasteiger partial charge is 0.252 e. The van der Waals surface area contributed by atoms with Crippen LogP contribution in [0.1, 0.15) is 18.4 Å². The normalized spacial score (nSPS) is 14.7. The number of hydrogen-bond donors (Lipinski definition) is 2. The van der Waals surface area contributed by atoms with Gasteiger partial charge in [0.1, 0.15) is 5.82 Å². The maximum absolute atomic E-state index is 13.5. The Balaban J connectivity index is 1.62. The minimum atomic E-state index is -0.261. The van der Waals surface area contributed by atoms with Crippen molar-refractivity contribution in [3.05, 3.63) is 82.5 Å². The number of halogens is 1. The van der Waals surface area contributed by atoms with Gasteiger partial charge in [-0.1, -0.05) is 24.3 Å². The molecule has 0 bridgehead atoms. The number of hydrogen-bond acceptors (Lipinski definition) is 5. The molecule has 0 saturated carbocycles. The average Bonchev–Trinajstić information content (AvgIpc) is 3.18. The van der Waals surface area contributed by atoms with Crippen molar-refractivity contribution in [1.29, 1.82) is 0 Å². The summed E-state index contributed by atoms with van der Waals surface area (Å²) in [6, 6.07) is 15.9. The van der Waals surface area contributed by atoms with E-state index in [0.29, 0.717) is 30.9 Å². The molecule has 1 saturated heterocycles. The van der Waals surface area contributed by atoms with Gasteiger partial charge in [-0.2, -0.15) is 0 Å². The zero-order valence-corrected chi connectivity index (χ0v) is 17.7. The maximum Gasteiger partial charge on any atom is 0.252 e. The lowest BCUT2D eigenvalue weighted by atomic mass is 9.98. The highest BCUT2D eigenvalue weighted by molar-refractivity contribution is 5.79. The number of rotatable bonds is 6. The third-order valence-corrected chi connectivity index (χ3v) is 5.94. The summed E-state index contributed by atoms with van der Waals surface area (Å²) < 4.78 is 15.6. The molecule has 7 nitrogen and oxygen atoms in total. The Bertz CT molecular complexity index is 1260. The Morgan fingerprint density at radius 2 is 1.84 bits per heavy atom. The van der Waals surface area contributed by atoms with Gasteiger partial charge in [-0.05, 0) is 61.7 Å². The van der Waals surface area contributed by atoms with Crippen LogP contribution >= 0.6 is 0 Å². The molecule has 1 aliphatic rings. The van der Waals surface area contributed by atoms with E-state index in [1.165, 1.54) is 24.4 Å². The van der Waals surface area contributed by atoms with Crippen LogP contribution in [-0.2, 0) is 6.54 Å². The molecule has 0 atom stereocenters. The molecule has 0 amide bonds. The van der Waals surface area contributed by atoms with Gasteiger partial charge in [0.25, 0.3) is 5.56 Å². The van der Waals surface area contributed by atoms with Gasteiger partial charge in [0.2, 0.25) is 11.9 Å². The van der Waals surface area contributed by atoms with Gasteiger partial charge in [-0.15, -0.1) is 0 Å². The number of imidazole rings is 1. The lowest BCUT2D eigenvalue weighted by Crippen LogP contribution is -2.36. The molecular weight excluding hydrogens is 407 g/mol. The Labute approximate surface area is 184 Å². The van der Waals surface area contributed by atoms with Crippen LogP contribution in [0, 0.1) is 11.7 Å². The molecule has 1 fully saturated rings. The van der Waals surface area contributed by atoms with E-state index >= 15 is 0 Å². The highest BCUT2D eigenvalue weighted by Gasteiger charge is 2.25. The van der Waals surface area contributed by atoms with E-state index in [2.05, 4.69) is 19.9 Å². The second-order valence-electron chi connectivity index (χ2n) is 8.17. The van der Waals surface area contributed by atoms with Crippen molar-refractivity contribution < 1.29 is 4.39 Å². The van der Waals surface area contributed by atoms with E-state index in [9.17, 15) is 9.18 Å². The van der Waals surface area contributed by atoms with Crippen LogP contribution in [0.4, 0.5) is 16.3 Å². The predicted octanol–water partition coefficient (Wildman–Crippen LogP) is 3.44. The van der Waals surface area contributed by atoms with E-state index < -0.39 is 0 Å². The molecule has 5 rings (SSSR count). The molecule has 0 unspecified atom stereocenters. The summed E-state index contributed by atoms with van der Waals surface area (Å²) in [5, 5.41) is 3.40. The molecule has 2 aromatic heterocycles. The number of aromatic amines is 1. The second-order valence-corrected chi connectivity index (χ2v) is 8.17. The Kier molecular flexibility index (Phi) is 5.68. The largest absolute Gasteiger partial charge is 0.317 e. The number of piperidine rings is 1. The van der Waals surface area contributed by atoms with Crippen molar-refractivity contribution in [3.8, 4) is 0 Å². The van der Waals surface area contributed by atoms with Crippen LogP contribution in [0.3, 0.4) is 0 Å². The summed E-state index contributed by atoms with van der Waals surface area (Å²) in [6.07, 6.45) is 3.62. The van der Waals surface area contributed by atoms with Crippen molar-refractivity contribution >= 4 is 22.9 Å². The average molecular weight is 433 g/mol. The third kappa shape index (κ3) is 4.27. The molecule has 0 aliphatic carbocycles. The summed E-state index contributed by atoms with van der Waals surface area (Å²) in [7, 11) is 0. The molecule has 0 spiro atoms. The minimum Gasteiger partial charge on any atom is -0.317 e. The first-order chi connectivity index (χ1) is 15.7. The molecule has 164 valence electrons. The number of benzene rings is 2. The molecule has 3 heterocycles. The van der Waals surface area contributed by atoms with Gasteiger partial charge >= 0.3 is 0 Å². The molecule has 32 heavy (non-hydrogen) atoms. The van der Waals surface area contributed by atoms with Crippen molar-refractivity contribution in [2.75, 3.05) is 24.5 Å². The van der Waals surface area contributed by atoms with Crippen LogP contribution in [-0.4, -0.2) is 39.2 Å². The minimum absolute atomic E-state index is 0.202. The molecule has 1 aliphatic heterocycles. The van der Waals surface area contributed by atoms with Crippen molar-refractivity contribution in [3.63, 3.8) is 0 Å². The van der Waals surface area contributed by atoms with E-state index in [4.69, 9.17) is 4.98 Å². The number of para-hydroxylation sites is 2. The predicted molar refractivity (Wildman–Crippen MR) is 123 cm³/mol. The summed E-state index contributed by atoms with van der Waals surface area (Å²) >= 11 is 0. The molecular formula is C24H25FN6O. The van der Waals surface area contributed by atoms with Gasteiger partial charge in [-0.25, -0.2) is 14.4 Å². The highest BCUT2D eigenvalue weighted by atomic mass is 19.1. The topological polar surface area (TPSA) is 78.8 Å². The summed E-state index contributed by atoms with van der Waals surface area (Å²) in [4.78, 5) is 26.4. The van der Waals surface area contributed by atoms with Crippen LogP contribution in [0.5, 0.6) is 0 Å². The SMILES string of the molecule is O=c1ccnc(N(CC2CCNCC2)c2nc3ccccc3n2Cc2ccc(F)cc2)[nH]1. The second kappa shape index (κ2) is 8.92. The quantitative estimate of drug-likeness (QED) is 0.488. The summed E-state index contributed by atoms with van der Waals surface area (Å²) in [5.41, 5.74) is 2.59. The Morgan fingerprint density at radius 3 is 2.62 bits per heavy atom. The molecule has 2 aromatic carbocycles. The first-order valence-corrected chi connectivity index (χ1v) is 10.9. The lowest BCUT2D eigenvalue weighted by molar-refractivity contribution is 0.378. The fourth-order valence-corrected chi connectivity index (χ4v) is 4.28. The van der Waals surface area contributed by atoms with E-state index in [1.807, 2.05) is 29.2 Å².